The van der Waals surface area contributed by atoms with E-state index in [0.717, 1.165) is 24.8 Å². The Balaban J connectivity index is 1.55. The molecule has 1 aliphatic heterocycles. The fourth-order valence-corrected chi connectivity index (χ4v) is 4.20. The molecular formula is C18H21N3O3. The number of carbonyl (C=O) groups is 1. The van der Waals surface area contributed by atoms with Gasteiger partial charge in [0.25, 0.3) is 0 Å². The van der Waals surface area contributed by atoms with Gasteiger partial charge < -0.3 is 9.63 Å². The summed E-state index contributed by atoms with van der Waals surface area (Å²) in [6, 6.07) is 9.55. The number of hydrogen-bond acceptors (Lipinski definition) is 5. The number of nitrogens with zero attached hydrogens (tertiary/aromatic N) is 3. The average molecular weight is 327 g/mol. The zero-order chi connectivity index (χ0) is 16.5. The molecule has 1 aliphatic carbocycles. The van der Waals surface area contributed by atoms with E-state index in [-0.39, 0.29) is 0 Å². The van der Waals surface area contributed by atoms with Crippen molar-refractivity contribution in [3.05, 3.63) is 36.2 Å². The van der Waals surface area contributed by atoms with Crippen molar-refractivity contribution in [2.24, 2.45) is 5.92 Å². The smallest absolute Gasteiger partial charge is 0.320 e. The monoisotopic (exact) mass is 327 g/mol. The first-order valence-electron chi connectivity index (χ1n) is 8.59. The average Bonchev–Trinajstić information content (AvgIpc) is 3.21. The van der Waals surface area contributed by atoms with E-state index in [0.29, 0.717) is 30.2 Å². The first-order valence-corrected chi connectivity index (χ1v) is 8.59. The largest absolute Gasteiger partial charge is 0.480 e. The van der Waals surface area contributed by atoms with E-state index in [2.05, 4.69) is 15.0 Å². The Bertz CT molecular complexity index is 715. The fourth-order valence-electron chi connectivity index (χ4n) is 4.20. The Labute approximate surface area is 140 Å². The number of aromatic nitrogens is 2. The van der Waals surface area contributed by atoms with E-state index in [1.54, 1.807) is 0 Å². The van der Waals surface area contributed by atoms with E-state index in [1.807, 2.05) is 30.3 Å². The number of carboxylic acids is 1. The lowest BCUT2D eigenvalue weighted by molar-refractivity contribution is -0.143. The number of rotatable bonds is 4. The van der Waals surface area contributed by atoms with E-state index in [9.17, 15) is 9.90 Å². The molecule has 126 valence electrons. The molecule has 1 saturated carbocycles. The van der Waals surface area contributed by atoms with Gasteiger partial charge in [-0.1, -0.05) is 48.3 Å². The quantitative estimate of drug-likeness (QED) is 0.930. The molecule has 2 fully saturated rings. The van der Waals surface area contributed by atoms with Crippen LogP contribution in [-0.4, -0.2) is 38.2 Å². The molecule has 0 bridgehead atoms. The van der Waals surface area contributed by atoms with E-state index >= 15 is 0 Å². The fraction of sp³-hybridized carbons (Fsp3) is 0.500. The van der Waals surface area contributed by atoms with Gasteiger partial charge in [-0.05, 0) is 25.2 Å². The Morgan fingerprint density at radius 2 is 2.04 bits per heavy atom. The van der Waals surface area contributed by atoms with Crippen molar-refractivity contribution in [2.75, 3.05) is 0 Å². The standard InChI is InChI=1S/C18H21N3O3/c22-18(23)15-10-13-8-4-5-9-14(13)21(15)11-16-19-17(20-24-16)12-6-2-1-3-7-12/h1-3,6-7,13-15H,4-5,8-11H2,(H,22,23)/t13-,14-,15-/m0/s1. The first-order chi connectivity index (χ1) is 11.7. The van der Waals surface area contributed by atoms with Gasteiger partial charge in [-0.3, -0.25) is 9.69 Å². The Hall–Kier alpha value is -2.21. The molecule has 0 spiro atoms. The normalized spacial score (nSPS) is 27.1. The number of hydrogen-bond donors (Lipinski definition) is 1. The number of aliphatic carboxylic acids is 1. The SMILES string of the molecule is O=C(O)[C@@H]1C[C@@H]2CCCC[C@@H]2N1Cc1nc(-c2ccccc2)no1. The molecule has 0 unspecified atom stereocenters. The number of likely N-dealkylation sites (tertiary alicyclic amines) is 1. The van der Waals surface area contributed by atoms with Crippen LogP contribution in [0.5, 0.6) is 0 Å². The highest BCUT2D eigenvalue weighted by Crippen LogP contribution is 2.40. The van der Waals surface area contributed by atoms with Crippen molar-refractivity contribution >= 4 is 5.97 Å². The second-order valence-electron chi connectivity index (χ2n) is 6.75. The minimum absolute atomic E-state index is 0.326. The topological polar surface area (TPSA) is 79.5 Å². The van der Waals surface area contributed by atoms with Crippen LogP contribution >= 0.6 is 0 Å². The highest BCUT2D eigenvalue weighted by Gasteiger charge is 2.45. The number of benzene rings is 1. The molecule has 24 heavy (non-hydrogen) atoms. The maximum Gasteiger partial charge on any atom is 0.320 e. The third kappa shape index (κ3) is 2.82. The summed E-state index contributed by atoms with van der Waals surface area (Å²) in [7, 11) is 0. The predicted octanol–water partition coefficient (Wildman–Crippen LogP) is 2.95. The lowest BCUT2D eigenvalue weighted by atomic mass is 9.85. The van der Waals surface area contributed by atoms with Gasteiger partial charge in [0.15, 0.2) is 0 Å². The molecular weight excluding hydrogens is 306 g/mol. The van der Waals surface area contributed by atoms with Crippen molar-refractivity contribution in [2.45, 2.75) is 50.7 Å². The van der Waals surface area contributed by atoms with E-state index < -0.39 is 12.0 Å². The van der Waals surface area contributed by atoms with Crippen LogP contribution in [-0.2, 0) is 11.3 Å². The Morgan fingerprint density at radius 1 is 1.25 bits per heavy atom. The molecule has 1 saturated heterocycles. The summed E-state index contributed by atoms with van der Waals surface area (Å²) in [5.41, 5.74) is 0.902. The lowest BCUT2D eigenvalue weighted by Gasteiger charge is -2.31. The Kier molecular flexibility index (Phi) is 4.06. The maximum absolute atomic E-state index is 11.7. The summed E-state index contributed by atoms with van der Waals surface area (Å²) in [5.74, 6) is 0.784. The lowest BCUT2D eigenvalue weighted by Crippen LogP contribution is -2.41. The maximum atomic E-state index is 11.7. The summed E-state index contributed by atoms with van der Waals surface area (Å²) in [5, 5.41) is 13.6. The van der Waals surface area contributed by atoms with Gasteiger partial charge in [-0.15, -0.1) is 0 Å². The number of fused-ring (bicyclic) bond motifs is 1. The van der Waals surface area contributed by atoms with Gasteiger partial charge >= 0.3 is 5.97 Å². The summed E-state index contributed by atoms with van der Waals surface area (Å²) in [6.45, 7) is 0.415. The Morgan fingerprint density at radius 3 is 2.83 bits per heavy atom. The van der Waals surface area contributed by atoms with Crippen LogP contribution < -0.4 is 0 Å². The zero-order valence-electron chi connectivity index (χ0n) is 13.5. The third-order valence-corrected chi connectivity index (χ3v) is 5.32. The van der Waals surface area contributed by atoms with Crippen LogP contribution in [0.2, 0.25) is 0 Å². The molecule has 1 aromatic carbocycles. The molecule has 6 nitrogen and oxygen atoms in total. The van der Waals surface area contributed by atoms with Gasteiger partial charge in [-0.2, -0.15) is 4.98 Å². The van der Waals surface area contributed by atoms with Crippen molar-refractivity contribution in [1.82, 2.24) is 15.0 Å². The molecule has 6 heteroatoms. The van der Waals surface area contributed by atoms with Crippen LogP contribution in [0.3, 0.4) is 0 Å². The van der Waals surface area contributed by atoms with E-state index in [4.69, 9.17) is 4.52 Å². The summed E-state index contributed by atoms with van der Waals surface area (Å²) < 4.78 is 5.39. The van der Waals surface area contributed by atoms with Crippen LogP contribution in [0.25, 0.3) is 11.4 Å². The molecule has 0 amide bonds. The first kappa shape index (κ1) is 15.3. The molecule has 2 heterocycles. The van der Waals surface area contributed by atoms with Crippen molar-refractivity contribution < 1.29 is 14.4 Å². The highest BCUT2D eigenvalue weighted by molar-refractivity contribution is 5.74. The van der Waals surface area contributed by atoms with Crippen LogP contribution in [0.1, 0.15) is 38.0 Å². The van der Waals surface area contributed by atoms with Crippen LogP contribution in [0.15, 0.2) is 34.9 Å². The van der Waals surface area contributed by atoms with Crippen molar-refractivity contribution in [3.8, 4) is 11.4 Å². The summed E-state index contributed by atoms with van der Waals surface area (Å²) >= 11 is 0. The zero-order valence-corrected chi connectivity index (χ0v) is 13.5. The molecule has 2 aliphatic rings. The van der Waals surface area contributed by atoms with E-state index in [1.165, 1.54) is 12.8 Å². The second-order valence-corrected chi connectivity index (χ2v) is 6.75. The molecule has 4 rings (SSSR count). The van der Waals surface area contributed by atoms with Gasteiger partial charge in [0.1, 0.15) is 6.04 Å². The predicted molar refractivity (Wildman–Crippen MR) is 87.1 cm³/mol. The molecule has 0 radical (unpaired) electrons. The molecule has 2 aromatic rings. The van der Waals surface area contributed by atoms with Crippen LogP contribution in [0.4, 0.5) is 0 Å². The second kappa shape index (κ2) is 6.36. The van der Waals surface area contributed by atoms with Crippen molar-refractivity contribution in [1.29, 1.82) is 0 Å². The minimum atomic E-state index is -0.743. The molecule has 1 N–H and O–H groups in total. The minimum Gasteiger partial charge on any atom is -0.480 e. The van der Waals surface area contributed by atoms with Crippen LogP contribution in [0, 0.1) is 5.92 Å². The molecule has 1 aromatic heterocycles. The summed E-state index contributed by atoms with van der Waals surface area (Å²) in [4.78, 5) is 18.2. The van der Waals surface area contributed by atoms with Crippen molar-refractivity contribution in [3.63, 3.8) is 0 Å². The highest BCUT2D eigenvalue weighted by atomic mass is 16.5. The van der Waals surface area contributed by atoms with Gasteiger partial charge in [0.2, 0.25) is 11.7 Å². The number of carboxylic acid groups (broad SMARTS) is 1. The van der Waals surface area contributed by atoms with Gasteiger partial charge in [0.05, 0.1) is 6.54 Å². The summed E-state index contributed by atoms with van der Waals surface area (Å²) in [6.07, 6.45) is 5.31. The van der Waals surface area contributed by atoms with Gasteiger partial charge in [-0.25, -0.2) is 0 Å². The third-order valence-electron chi connectivity index (χ3n) is 5.32. The van der Waals surface area contributed by atoms with Gasteiger partial charge in [0, 0.05) is 11.6 Å². The molecule has 3 atom stereocenters.